The van der Waals surface area contributed by atoms with Crippen molar-refractivity contribution in [2.45, 2.75) is 20.1 Å². The van der Waals surface area contributed by atoms with E-state index in [0.717, 1.165) is 11.1 Å². The molecule has 0 spiro atoms. The average molecular weight is 418 g/mol. The minimum absolute atomic E-state index is 0.127. The standard InChI is InChI=1S/C22H21Cl2NO3/c1-14-6-8-15(9-7-14)13-28-22-16(4-3-5-20(22)27-2)12-25-17-10-18(23)21(26)19(24)11-17/h3-11,25-26H,12-13H2,1-2H3. The van der Waals surface area contributed by atoms with Gasteiger partial charge in [0.1, 0.15) is 6.61 Å². The summed E-state index contributed by atoms with van der Waals surface area (Å²) in [6.07, 6.45) is 0. The molecule has 0 radical (unpaired) electrons. The van der Waals surface area contributed by atoms with Gasteiger partial charge in [0.05, 0.1) is 17.2 Å². The zero-order chi connectivity index (χ0) is 20.1. The van der Waals surface area contributed by atoms with Crippen molar-refractivity contribution in [2.24, 2.45) is 0 Å². The van der Waals surface area contributed by atoms with Gasteiger partial charge in [-0.05, 0) is 30.7 Å². The Morgan fingerprint density at radius 3 is 2.32 bits per heavy atom. The van der Waals surface area contributed by atoms with Crippen molar-refractivity contribution in [3.63, 3.8) is 0 Å². The number of nitrogens with one attached hydrogen (secondary N) is 1. The van der Waals surface area contributed by atoms with E-state index in [1.54, 1.807) is 19.2 Å². The molecule has 3 aromatic rings. The average Bonchev–Trinajstić information content (AvgIpc) is 2.70. The third kappa shape index (κ3) is 4.83. The predicted octanol–water partition coefficient (Wildman–Crippen LogP) is 6.21. The molecule has 0 fully saturated rings. The molecule has 0 aromatic heterocycles. The lowest BCUT2D eigenvalue weighted by atomic mass is 10.1. The number of hydrogen-bond acceptors (Lipinski definition) is 4. The van der Waals surface area contributed by atoms with Crippen molar-refractivity contribution in [3.8, 4) is 17.2 Å². The summed E-state index contributed by atoms with van der Waals surface area (Å²) in [5.74, 6) is 1.21. The van der Waals surface area contributed by atoms with Gasteiger partial charge in [0.2, 0.25) is 0 Å². The smallest absolute Gasteiger partial charge is 0.166 e. The van der Waals surface area contributed by atoms with Crippen LogP contribution in [-0.2, 0) is 13.2 Å². The van der Waals surface area contributed by atoms with E-state index in [1.165, 1.54) is 5.56 Å². The first-order valence-electron chi connectivity index (χ1n) is 8.74. The van der Waals surface area contributed by atoms with Crippen molar-refractivity contribution >= 4 is 28.9 Å². The van der Waals surface area contributed by atoms with E-state index in [-0.39, 0.29) is 15.8 Å². The van der Waals surface area contributed by atoms with E-state index in [4.69, 9.17) is 32.7 Å². The lowest BCUT2D eigenvalue weighted by Gasteiger charge is -2.16. The Morgan fingerprint density at radius 2 is 1.68 bits per heavy atom. The van der Waals surface area contributed by atoms with Gasteiger partial charge in [-0.15, -0.1) is 0 Å². The summed E-state index contributed by atoms with van der Waals surface area (Å²) in [5, 5.41) is 13.3. The minimum Gasteiger partial charge on any atom is -0.505 e. The fourth-order valence-electron chi connectivity index (χ4n) is 2.73. The van der Waals surface area contributed by atoms with Gasteiger partial charge in [0, 0.05) is 17.8 Å². The molecule has 28 heavy (non-hydrogen) atoms. The number of methoxy groups -OCH3 is 1. The number of hydrogen-bond donors (Lipinski definition) is 2. The molecule has 0 saturated heterocycles. The summed E-state index contributed by atoms with van der Waals surface area (Å²) in [5.41, 5.74) is 3.90. The van der Waals surface area contributed by atoms with Crippen LogP contribution in [-0.4, -0.2) is 12.2 Å². The number of benzene rings is 3. The van der Waals surface area contributed by atoms with Crippen LogP contribution in [0.15, 0.2) is 54.6 Å². The monoisotopic (exact) mass is 417 g/mol. The summed E-state index contributed by atoms with van der Waals surface area (Å²) in [6.45, 7) is 2.96. The Morgan fingerprint density at radius 1 is 1.00 bits per heavy atom. The molecule has 146 valence electrons. The van der Waals surface area contributed by atoms with Gasteiger partial charge in [-0.3, -0.25) is 0 Å². The van der Waals surface area contributed by atoms with E-state index < -0.39 is 0 Å². The molecule has 0 unspecified atom stereocenters. The van der Waals surface area contributed by atoms with Crippen LogP contribution >= 0.6 is 23.2 Å². The van der Waals surface area contributed by atoms with Crippen LogP contribution in [0.25, 0.3) is 0 Å². The fourth-order valence-corrected chi connectivity index (χ4v) is 3.22. The third-order valence-electron chi connectivity index (χ3n) is 4.28. The van der Waals surface area contributed by atoms with Crippen LogP contribution in [0, 0.1) is 6.92 Å². The van der Waals surface area contributed by atoms with Crippen LogP contribution in [0.1, 0.15) is 16.7 Å². The van der Waals surface area contributed by atoms with E-state index in [1.807, 2.05) is 30.3 Å². The maximum atomic E-state index is 9.70. The maximum absolute atomic E-state index is 9.70. The number of aryl methyl sites for hydroxylation is 1. The fraction of sp³-hybridized carbons (Fsp3) is 0.182. The number of phenols is 1. The van der Waals surface area contributed by atoms with Crippen molar-refractivity contribution < 1.29 is 14.6 Å². The largest absolute Gasteiger partial charge is 0.505 e. The zero-order valence-corrected chi connectivity index (χ0v) is 17.1. The number of aromatic hydroxyl groups is 1. The summed E-state index contributed by atoms with van der Waals surface area (Å²) in [4.78, 5) is 0. The minimum atomic E-state index is -0.127. The molecule has 0 amide bonds. The first kappa shape index (κ1) is 20.2. The molecule has 0 aliphatic rings. The quantitative estimate of drug-likeness (QED) is 0.448. The van der Waals surface area contributed by atoms with Crippen LogP contribution < -0.4 is 14.8 Å². The van der Waals surface area contributed by atoms with Crippen molar-refractivity contribution in [1.82, 2.24) is 0 Å². The molecule has 0 bridgehead atoms. The molecular weight excluding hydrogens is 397 g/mol. The highest BCUT2D eigenvalue weighted by atomic mass is 35.5. The number of phenolic OH excluding ortho intramolecular Hbond substituents is 1. The Labute approximate surface area is 174 Å². The number of halogens is 2. The summed E-state index contributed by atoms with van der Waals surface area (Å²) < 4.78 is 11.6. The Bertz CT molecular complexity index is 935. The van der Waals surface area contributed by atoms with Crippen LogP contribution in [0.4, 0.5) is 5.69 Å². The molecule has 0 heterocycles. The van der Waals surface area contributed by atoms with Crippen LogP contribution in [0.3, 0.4) is 0 Å². The molecule has 0 saturated carbocycles. The Kier molecular flexibility index (Phi) is 6.55. The van der Waals surface area contributed by atoms with E-state index in [9.17, 15) is 5.11 Å². The first-order chi connectivity index (χ1) is 13.5. The molecule has 4 nitrogen and oxygen atoms in total. The highest BCUT2D eigenvalue weighted by Gasteiger charge is 2.12. The SMILES string of the molecule is COc1cccc(CNc2cc(Cl)c(O)c(Cl)c2)c1OCc1ccc(C)cc1. The molecule has 6 heteroatoms. The van der Waals surface area contributed by atoms with E-state index in [2.05, 4.69) is 24.4 Å². The number of ether oxygens (including phenoxy) is 2. The van der Waals surface area contributed by atoms with Gasteiger partial charge < -0.3 is 19.9 Å². The summed E-state index contributed by atoms with van der Waals surface area (Å²) in [6, 6.07) is 17.2. The van der Waals surface area contributed by atoms with Crippen LogP contribution in [0.2, 0.25) is 10.0 Å². The second kappa shape index (κ2) is 9.09. The van der Waals surface area contributed by atoms with E-state index in [0.29, 0.717) is 30.3 Å². The Balaban J connectivity index is 1.78. The molecular formula is C22H21Cl2NO3. The van der Waals surface area contributed by atoms with Gasteiger partial charge >= 0.3 is 0 Å². The van der Waals surface area contributed by atoms with Crippen molar-refractivity contribution in [3.05, 3.63) is 81.3 Å². The summed E-state index contributed by atoms with van der Waals surface area (Å²) in [7, 11) is 1.62. The second-order valence-electron chi connectivity index (χ2n) is 6.36. The van der Waals surface area contributed by atoms with Crippen molar-refractivity contribution in [1.29, 1.82) is 0 Å². The predicted molar refractivity (Wildman–Crippen MR) is 114 cm³/mol. The lowest BCUT2D eigenvalue weighted by molar-refractivity contribution is 0.281. The Hall–Kier alpha value is -2.56. The highest BCUT2D eigenvalue weighted by Crippen LogP contribution is 2.36. The molecule has 3 rings (SSSR count). The van der Waals surface area contributed by atoms with Gasteiger partial charge in [-0.25, -0.2) is 0 Å². The number of para-hydroxylation sites is 1. The molecule has 0 aliphatic carbocycles. The highest BCUT2D eigenvalue weighted by molar-refractivity contribution is 6.37. The van der Waals surface area contributed by atoms with Gasteiger partial charge in [0.25, 0.3) is 0 Å². The van der Waals surface area contributed by atoms with E-state index >= 15 is 0 Å². The molecule has 3 aromatic carbocycles. The van der Waals surface area contributed by atoms with Gasteiger partial charge in [-0.2, -0.15) is 0 Å². The zero-order valence-electron chi connectivity index (χ0n) is 15.6. The van der Waals surface area contributed by atoms with Crippen LogP contribution in [0.5, 0.6) is 17.2 Å². The lowest BCUT2D eigenvalue weighted by Crippen LogP contribution is -2.05. The molecule has 0 aliphatic heterocycles. The first-order valence-corrected chi connectivity index (χ1v) is 9.49. The number of anilines is 1. The van der Waals surface area contributed by atoms with Crippen molar-refractivity contribution in [2.75, 3.05) is 12.4 Å². The number of rotatable bonds is 7. The maximum Gasteiger partial charge on any atom is 0.166 e. The van der Waals surface area contributed by atoms with Gasteiger partial charge in [-0.1, -0.05) is 65.2 Å². The summed E-state index contributed by atoms with van der Waals surface area (Å²) >= 11 is 12.0. The molecule has 2 N–H and O–H groups in total. The second-order valence-corrected chi connectivity index (χ2v) is 7.18. The molecule has 0 atom stereocenters. The topological polar surface area (TPSA) is 50.7 Å². The third-order valence-corrected chi connectivity index (χ3v) is 4.86. The van der Waals surface area contributed by atoms with Gasteiger partial charge in [0.15, 0.2) is 17.2 Å². The normalized spacial score (nSPS) is 10.6.